The van der Waals surface area contributed by atoms with E-state index in [0.29, 0.717) is 50.2 Å². The Bertz CT molecular complexity index is 866. The number of rotatable bonds is 7. The van der Waals surface area contributed by atoms with Gasteiger partial charge >= 0.3 is 0 Å². The number of hydrogen-bond donors (Lipinski definition) is 0. The molecule has 7 nitrogen and oxygen atoms in total. The van der Waals surface area contributed by atoms with Crippen LogP contribution in [0.3, 0.4) is 0 Å². The number of carbonyl (C=O) groups is 1. The summed E-state index contributed by atoms with van der Waals surface area (Å²) >= 11 is 0. The number of halogens is 1. The lowest BCUT2D eigenvalue weighted by Crippen LogP contribution is -2.40. The minimum absolute atomic E-state index is 0.0858. The summed E-state index contributed by atoms with van der Waals surface area (Å²) in [5.74, 6) is -0.277. The highest BCUT2D eigenvalue weighted by Crippen LogP contribution is 2.22. The molecule has 8 heteroatoms. The summed E-state index contributed by atoms with van der Waals surface area (Å²) < 4.78 is 26.9. The van der Waals surface area contributed by atoms with Gasteiger partial charge in [0.05, 0.1) is 37.3 Å². The van der Waals surface area contributed by atoms with Crippen LogP contribution in [0.4, 0.5) is 4.39 Å². The van der Waals surface area contributed by atoms with Gasteiger partial charge in [0.25, 0.3) is 5.91 Å². The van der Waals surface area contributed by atoms with Gasteiger partial charge < -0.3 is 19.3 Å². The number of ether oxygens (including phenoxy) is 2. The van der Waals surface area contributed by atoms with Gasteiger partial charge in [0, 0.05) is 37.9 Å². The van der Waals surface area contributed by atoms with Crippen LogP contribution in [-0.2, 0) is 4.74 Å². The number of hydrogen-bond acceptors (Lipinski definition) is 5. The highest BCUT2D eigenvalue weighted by Gasteiger charge is 2.21. The van der Waals surface area contributed by atoms with Gasteiger partial charge in [-0.15, -0.1) is 0 Å². The molecule has 2 fully saturated rings. The third-order valence-electron chi connectivity index (χ3n) is 5.85. The summed E-state index contributed by atoms with van der Waals surface area (Å²) in [6.07, 6.45) is 6.52. The van der Waals surface area contributed by atoms with Crippen LogP contribution in [0.2, 0.25) is 0 Å². The number of aromatic nitrogens is 2. The Morgan fingerprint density at radius 1 is 1.30 bits per heavy atom. The molecule has 1 aromatic heterocycles. The zero-order valence-corrected chi connectivity index (χ0v) is 17.4. The van der Waals surface area contributed by atoms with Crippen molar-refractivity contribution in [3.8, 4) is 11.4 Å². The zero-order valence-electron chi connectivity index (χ0n) is 17.4. The van der Waals surface area contributed by atoms with Crippen LogP contribution in [0.25, 0.3) is 5.69 Å². The van der Waals surface area contributed by atoms with Crippen molar-refractivity contribution in [1.29, 1.82) is 0 Å². The summed E-state index contributed by atoms with van der Waals surface area (Å²) in [5.41, 5.74) is 1.03. The molecule has 0 aliphatic carbocycles. The first kappa shape index (κ1) is 20.8. The van der Waals surface area contributed by atoms with E-state index in [1.165, 1.54) is 29.8 Å². The summed E-state index contributed by atoms with van der Waals surface area (Å²) in [5, 5.41) is 4.22. The Kier molecular flexibility index (Phi) is 6.64. The van der Waals surface area contributed by atoms with Crippen LogP contribution in [0.15, 0.2) is 30.6 Å². The van der Waals surface area contributed by atoms with Gasteiger partial charge in [0.2, 0.25) is 0 Å². The van der Waals surface area contributed by atoms with Crippen LogP contribution in [0.5, 0.6) is 5.75 Å². The van der Waals surface area contributed by atoms with Crippen molar-refractivity contribution >= 4 is 5.91 Å². The number of benzene rings is 1. The topological polar surface area (TPSA) is 59.8 Å². The standard InChI is InChI=1S/C22H29FN4O3/c1-17-4-2-7-25(17)8-3-11-30-21-6-5-19(14-20(21)23)27-16-18(15-24-27)22(28)26-9-12-29-13-10-26/h5-6,14-17H,2-4,7-13H2,1H3/t17-/m1/s1. The van der Waals surface area contributed by atoms with Crippen molar-refractivity contribution in [2.75, 3.05) is 46.0 Å². The van der Waals surface area contributed by atoms with Crippen molar-refractivity contribution in [1.82, 2.24) is 19.6 Å². The normalized spacial score (nSPS) is 19.9. The van der Waals surface area contributed by atoms with Crippen LogP contribution < -0.4 is 4.74 Å². The Labute approximate surface area is 176 Å². The van der Waals surface area contributed by atoms with Crippen molar-refractivity contribution in [3.63, 3.8) is 0 Å². The zero-order chi connectivity index (χ0) is 20.9. The molecule has 2 saturated heterocycles. The summed E-state index contributed by atoms with van der Waals surface area (Å²) in [6, 6.07) is 5.38. The van der Waals surface area contributed by atoms with Crippen molar-refractivity contribution in [3.05, 3.63) is 42.0 Å². The van der Waals surface area contributed by atoms with Crippen LogP contribution >= 0.6 is 0 Å². The molecule has 0 N–H and O–H groups in total. The smallest absolute Gasteiger partial charge is 0.257 e. The van der Waals surface area contributed by atoms with E-state index < -0.39 is 5.82 Å². The van der Waals surface area contributed by atoms with Crippen molar-refractivity contribution < 1.29 is 18.7 Å². The molecule has 3 heterocycles. The number of carbonyl (C=O) groups excluding carboxylic acids is 1. The van der Waals surface area contributed by atoms with Crippen LogP contribution in [-0.4, -0.2) is 77.5 Å². The number of amides is 1. The van der Waals surface area contributed by atoms with E-state index in [-0.39, 0.29) is 11.7 Å². The maximum atomic E-state index is 14.5. The molecule has 0 spiro atoms. The van der Waals surface area contributed by atoms with Gasteiger partial charge in [-0.1, -0.05) is 0 Å². The molecule has 162 valence electrons. The maximum Gasteiger partial charge on any atom is 0.257 e. The van der Waals surface area contributed by atoms with Gasteiger partial charge in [-0.3, -0.25) is 4.79 Å². The first-order valence-electron chi connectivity index (χ1n) is 10.7. The molecule has 2 aliphatic rings. The van der Waals surface area contributed by atoms with Gasteiger partial charge in [0.1, 0.15) is 0 Å². The highest BCUT2D eigenvalue weighted by molar-refractivity contribution is 5.93. The summed E-state index contributed by atoms with van der Waals surface area (Å²) in [4.78, 5) is 16.7. The van der Waals surface area contributed by atoms with Gasteiger partial charge in [-0.05, 0) is 44.9 Å². The lowest BCUT2D eigenvalue weighted by molar-refractivity contribution is 0.0303. The van der Waals surface area contributed by atoms with Gasteiger partial charge in [-0.25, -0.2) is 9.07 Å². The molecule has 4 rings (SSSR count). The maximum absolute atomic E-state index is 14.5. The van der Waals surface area contributed by atoms with E-state index in [1.807, 2.05) is 0 Å². The molecule has 1 amide bonds. The summed E-state index contributed by atoms with van der Waals surface area (Å²) in [6.45, 7) is 7.09. The highest BCUT2D eigenvalue weighted by atomic mass is 19.1. The average molecular weight is 416 g/mol. The van der Waals surface area contributed by atoms with Crippen LogP contribution in [0.1, 0.15) is 36.5 Å². The Morgan fingerprint density at radius 3 is 2.87 bits per heavy atom. The second kappa shape index (κ2) is 9.57. The predicted octanol–water partition coefficient (Wildman–Crippen LogP) is 2.74. The number of likely N-dealkylation sites (tertiary alicyclic amines) is 1. The quantitative estimate of drug-likeness (QED) is 0.650. The lowest BCUT2D eigenvalue weighted by atomic mass is 10.2. The Hall–Kier alpha value is -2.45. The minimum atomic E-state index is -0.432. The van der Waals surface area contributed by atoms with E-state index >= 15 is 0 Å². The van der Waals surface area contributed by atoms with E-state index in [9.17, 15) is 9.18 Å². The molecule has 1 atom stereocenters. The van der Waals surface area contributed by atoms with E-state index in [0.717, 1.165) is 19.5 Å². The molecule has 1 aromatic carbocycles. The fourth-order valence-corrected chi connectivity index (χ4v) is 4.05. The van der Waals surface area contributed by atoms with E-state index in [1.54, 1.807) is 23.2 Å². The molecule has 2 aromatic rings. The van der Waals surface area contributed by atoms with Crippen molar-refractivity contribution in [2.45, 2.75) is 32.2 Å². The molecule has 0 radical (unpaired) electrons. The molecule has 2 aliphatic heterocycles. The van der Waals surface area contributed by atoms with Crippen LogP contribution in [0, 0.1) is 5.82 Å². The van der Waals surface area contributed by atoms with Gasteiger partial charge in [0.15, 0.2) is 11.6 Å². The fourth-order valence-electron chi connectivity index (χ4n) is 4.05. The third-order valence-corrected chi connectivity index (χ3v) is 5.85. The number of morpholine rings is 1. The largest absolute Gasteiger partial charge is 0.490 e. The second-order valence-electron chi connectivity index (χ2n) is 7.92. The van der Waals surface area contributed by atoms with E-state index in [2.05, 4.69) is 16.9 Å². The monoisotopic (exact) mass is 416 g/mol. The average Bonchev–Trinajstić information content (AvgIpc) is 3.42. The first-order valence-corrected chi connectivity index (χ1v) is 10.7. The molecule has 0 unspecified atom stereocenters. The Morgan fingerprint density at radius 2 is 2.13 bits per heavy atom. The predicted molar refractivity (Wildman–Crippen MR) is 111 cm³/mol. The van der Waals surface area contributed by atoms with Crippen molar-refractivity contribution in [2.24, 2.45) is 0 Å². The summed E-state index contributed by atoms with van der Waals surface area (Å²) in [7, 11) is 0. The second-order valence-corrected chi connectivity index (χ2v) is 7.92. The van der Waals surface area contributed by atoms with Gasteiger partial charge in [-0.2, -0.15) is 5.10 Å². The molecular weight excluding hydrogens is 387 g/mol. The van der Waals surface area contributed by atoms with E-state index in [4.69, 9.17) is 9.47 Å². The molecule has 0 saturated carbocycles. The molecular formula is C22H29FN4O3. The fraction of sp³-hybridized carbons (Fsp3) is 0.545. The SMILES string of the molecule is C[C@@H]1CCCN1CCCOc1ccc(-n2cc(C(=O)N3CCOCC3)cn2)cc1F. The minimum Gasteiger partial charge on any atom is -0.490 e. The third kappa shape index (κ3) is 4.82. The molecule has 30 heavy (non-hydrogen) atoms. The Balaban J connectivity index is 1.32. The molecule has 0 bridgehead atoms. The first-order chi connectivity index (χ1) is 14.6. The lowest BCUT2D eigenvalue weighted by Gasteiger charge is -2.26. The number of nitrogens with zero attached hydrogens (tertiary/aromatic N) is 4.